The molecule has 13 heavy (non-hydrogen) atoms. The third-order valence-corrected chi connectivity index (χ3v) is 2.21. The van der Waals surface area contributed by atoms with Crippen molar-refractivity contribution in [2.24, 2.45) is 0 Å². The van der Waals surface area contributed by atoms with Gasteiger partial charge >= 0.3 is 0 Å². The average Bonchev–Trinajstić information content (AvgIpc) is 2.41. The first kappa shape index (κ1) is 8.14. The number of rotatable bonds is 1. The molecule has 1 aliphatic heterocycles. The molecule has 0 fully saturated rings. The lowest BCUT2D eigenvalue weighted by atomic mass is 10.1. The maximum absolute atomic E-state index is 11.5. The topological polar surface area (TPSA) is 37.4 Å². The third kappa shape index (κ3) is 1.01. The fourth-order valence-corrected chi connectivity index (χ4v) is 1.56. The van der Waals surface area contributed by atoms with Crippen LogP contribution in [0.5, 0.6) is 0 Å². The van der Waals surface area contributed by atoms with Gasteiger partial charge in [0.1, 0.15) is 0 Å². The van der Waals surface area contributed by atoms with Crippen LogP contribution in [-0.2, 0) is 0 Å². The number of amides is 2. The second-order valence-corrected chi connectivity index (χ2v) is 2.91. The Hall–Kier alpha value is -1.47. The molecule has 0 unspecified atom stereocenters. The summed E-state index contributed by atoms with van der Waals surface area (Å²) < 4.78 is 0. The third-order valence-electron chi connectivity index (χ3n) is 1.95. The molecule has 4 heteroatoms. The Morgan fingerprint density at radius 3 is 1.92 bits per heavy atom. The molecule has 1 aromatic carbocycles. The molecule has 3 nitrogen and oxygen atoms in total. The first-order valence-electron chi connectivity index (χ1n) is 3.73. The van der Waals surface area contributed by atoms with Crippen molar-refractivity contribution in [3.05, 3.63) is 35.4 Å². The highest BCUT2D eigenvalue weighted by Crippen LogP contribution is 2.20. The van der Waals surface area contributed by atoms with Crippen molar-refractivity contribution in [2.75, 3.05) is 0 Å². The van der Waals surface area contributed by atoms with Gasteiger partial charge in [0, 0.05) is 5.92 Å². The van der Waals surface area contributed by atoms with E-state index in [4.69, 9.17) is 0 Å². The van der Waals surface area contributed by atoms with Gasteiger partial charge in [0.2, 0.25) is 0 Å². The summed E-state index contributed by atoms with van der Waals surface area (Å²) >= 11 is 0. The summed E-state index contributed by atoms with van der Waals surface area (Å²) in [5.41, 5.74) is 0.920. The predicted octanol–water partition coefficient (Wildman–Crippen LogP) is 1.19. The molecule has 0 atom stereocenters. The van der Waals surface area contributed by atoms with Crippen LogP contribution in [0.4, 0.5) is 0 Å². The van der Waals surface area contributed by atoms with Crippen molar-refractivity contribution in [1.29, 1.82) is 0 Å². The highest BCUT2D eigenvalue weighted by Gasteiger charge is 2.33. The summed E-state index contributed by atoms with van der Waals surface area (Å²) in [7, 11) is 3.02. The van der Waals surface area contributed by atoms with Crippen molar-refractivity contribution >= 4 is 26.6 Å². The van der Waals surface area contributed by atoms with E-state index >= 15 is 0 Å². The van der Waals surface area contributed by atoms with Crippen LogP contribution in [0.1, 0.15) is 20.7 Å². The Kier molecular flexibility index (Phi) is 1.74. The Bertz CT molecular complexity index is 379. The van der Waals surface area contributed by atoms with Gasteiger partial charge in [-0.2, -0.15) is 0 Å². The van der Waals surface area contributed by atoms with Crippen LogP contribution >= 0.6 is 8.86 Å². The number of hydrogen-bond acceptors (Lipinski definition) is 2. The molecule has 0 saturated heterocycles. The van der Waals surface area contributed by atoms with Gasteiger partial charge in [-0.25, -0.2) is 4.90 Å². The smallest absolute Gasteiger partial charge is 0.265 e. The van der Waals surface area contributed by atoms with E-state index in [2.05, 4.69) is 8.86 Å². The number of carbonyl (C=O) groups is 2. The Labute approximate surface area is 77.2 Å². The molecule has 0 radical (unpaired) electrons. The quantitative estimate of drug-likeness (QED) is 0.493. The van der Waals surface area contributed by atoms with E-state index in [1.54, 1.807) is 24.3 Å². The number of imide groups is 1. The zero-order valence-electron chi connectivity index (χ0n) is 6.65. The van der Waals surface area contributed by atoms with E-state index in [0.717, 1.165) is 4.90 Å². The van der Waals surface area contributed by atoms with Gasteiger partial charge < -0.3 is 0 Å². The summed E-state index contributed by atoms with van der Waals surface area (Å²) in [5, 5.41) is 0. The first-order valence-corrected chi connectivity index (χ1v) is 4.31. The van der Waals surface area contributed by atoms with E-state index in [9.17, 15) is 9.59 Å². The standard InChI is InChI=1S/C9H6NO2P/c11-8-6-3-1-2-4-7(6)9(12)10(8)5-13/h1-5,13H. The molecule has 1 aromatic rings. The number of fused-ring (bicyclic) bond motifs is 1. The molecule has 64 valence electrons. The SMILES string of the molecule is O=C1c2ccccc2C(=O)N1C=P. The van der Waals surface area contributed by atoms with Gasteiger partial charge in [0.25, 0.3) is 11.8 Å². The van der Waals surface area contributed by atoms with Gasteiger partial charge in [-0.3, -0.25) is 9.59 Å². The molecule has 2 rings (SSSR count). The maximum Gasteiger partial charge on any atom is 0.265 e. The maximum atomic E-state index is 11.5. The predicted molar refractivity (Wildman–Crippen MR) is 51.3 cm³/mol. The second kappa shape index (κ2) is 2.79. The van der Waals surface area contributed by atoms with Crippen molar-refractivity contribution in [3.63, 3.8) is 0 Å². The van der Waals surface area contributed by atoms with Crippen molar-refractivity contribution in [1.82, 2.24) is 4.90 Å². The van der Waals surface area contributed by atoms with Crippen molar-refractivity contribution < 1.29 is 9.59 Å². The van der Waals surface area contributed by atoms with E-state index < -0.39 is 0 Å². The lowest BCUT2D eigenvalue weighted by molar-refractivity contribution is 0.0757. The zero-order valence-corrected chi connectivity index (χ0v) is 7.65. The van der Waals surface area contributed by atoms with Gasteiger partial charge in [-0.1, -0.05) is 12.1 Å². The molecule has 0 aromatic heterocycles. The van der Waals surface area contributed by atoms with Crippen molar-refractivity contribution in [2.45, 2.75) is 0 Å². The van der Waals surface area contributed by atoms with Crippen LogP contribution in [0.15, 0.2) is 24.3 Å². The number of hydrogen-bond donors (Lipinski definition) is 0. The Balaban J connectivity index is 2.63. The molecule has 0 saturated carbocycles. The molecule has 2 amide bonds. The van der Waals surface area contributed by atoms with Gasteiger partial charge in [0.15, 0.2) is 0 Å². The van der Waals surface area contributed by atoms with E-state index in [0.29, 0.717) is 11.1 Å². The molecule has 0 aliphatic carbocycles. The summed E-state index contributed by atoms with van der Waals surface area (Å²) in [6, 6.07) is 6.76. The largest absolute Gasteiger partial charge is 0.268 e. The second-order valence-electron chi connectivity index (χ2n) is 2.65. The highest BCUT2D eigenvalue weighted by atomic mass is 31.0. The molecule has 0 N–H and O–H groups in total. The summed E-state index contributed by atoms with van der Waals surface area (Å²) in [6.07, 6.45) is 0. The summed E-state index contributed by atoms with van der Waals surface area (Å²) in [5.74, 6) is 0.733. The Morgan fingerprint density at radius 2 is 1.54 bits per heavy atom. The molecular formula is C9H6NO2P. The number of carbonyl (C=O) groups excluding carboxylic acids is 2. The van der Waals surface area contributed by atoms with Crippen LogP contribution in [-0.4, -0.2) is 22.6 Å². The summed E-state index contributed by atoms with van der Waals surface area (Å²) in [6.45, 7) is 0. The molecule has 1 heterocycles. The van der Waals surface area contributed by atoms with E-state index in [1.165, 1.54) is 5.92 Å². The monoisotopic (exact) mass is 191 g/mol. The van der Waals surface area contributed by atoms with Crippen LogP contribution in [0.3, 0.4) is 0 Å². The molecule has 0 bridgehead atoms. The van der Waals surface area contributed by atoms with Gasteiger partial charge in [-0.05, 0) is 12.1 Å². The lowest BCUT2D eigenvalue weighted by Gasteiger charge is -2.03. The Morgan fingerprint density at radius 1 is 1.08 bits per heavy atom. The minimum Gasteiger partial charge on any atom is -0.268 e. The lowest BCUT2D eigenvalue weighted by Crippen LogP contribution is -2.26. The fourth-order valence-electron chi connectivity index (χ4n) is 1.33. The van der Waals surface area contributed by atoms with Gasteiger partial charge in [-0.15, -0.1) is 8.86 Å². The fraction of sp³-hybridized carbons (Fsp3) is 0. The first-order chi connectivity index (χ1) is 6.25. The molecule has 1 aliphatic rings. The van der Waals surface area contributed by atoms with Crippen LogP contribution < -0.4 is 0 Å². The minimum absolute atomic E-state index is 0.282. The van der Waals surface area contributed by atoms with E-state index in [1.807, 2.05) is 0 Å². The highest BCUT2D eigenvalue weighted by molar-refractivity contribution is 7.18. The number of nitrogens with zero attached hydrogens (tertiary/aromatic N) is 1. The van der Waals surface area contributed by atoms with E-state index in [-0.39, 0.29) is 11.8 Å². The van der Waals surface area contributed by atoms with Crippen LogP contribution in [0.25, 0.3) is 0 Å². The van der Waals surface area contributed by atoms with Crippen LogP contribution in [0, 0.1) is 0 Å². The molecular weight excluding hydrogens is 185 g/mol. The minimum atomic E-state index is -0.282. The van der Waals surface area contributed by atoms with Crippen LogP contribution in [0.2, 0.25) is 0 Å². The van der Waals surface area contributed by atoms with Gasteiger partial charge in [0.05, 0.1) is 11.1 Å². The molecule has 0 spiro atoms. The van der Waals surface area contributed by atoms with Crippen molar-refractivity contribution in [3.8, 4) is 0 Å². The normalized spacial score (nSPS) is 14.6. The summed E-state index contributed by atoms with van der Waals surface area (Å²) in [4.78, 5) is 24.0. The number of benzene rings is 1. The average molecular weight is 191 g/mol. The zero-order chi connectivity index (χ0) is 9.42.